The lowest BCUT2D eigenvalue weighted by Gasteiger charge is -2.36. The molecule has 1 aliphatic rings. The average molecular weight is 342 g/mol. The summed E-state index contributed by atoms with van der Waals surface area (Å²) < 4.78 is 2.01. The van der Waals surface area contributed by atoms with Crippen LogP contribution >= 0.6 is 11.3 Å². The SMILES string of the molecule is CNC(=O)c1ccc([C@H]2CCCCN2Cc2ccc(C#N)s2)n1C. The van der Waals surface area contributed by atoms with Gasteiger partial charge in [-0.3, -0.25) is 9.69 Å². The third kappa shape index (κ3) is 3.23. The topological polar surface area (TPSA) is 61.1 Å². The Morgan fingerprint density at radius 1 is 1.38 bits per heavy atom. The first-order chi connectivity index (χ1) is 11.6. The van der Waals surface area contributed by atoms with Crippen molar-refractivity contribution in [2.45, 2.75) is 31.8 Å². The van der Waals surface area contributed by atoms with Gasteiger partial charge in [-0.05, 0) is 43.7 Å². The molecule has 6 heteroatoms. The van der Waals surface area contributed by atoms with Crippen LogP contribution in [0.25, 0.3) is 0 Å². The molecule has 0 saturated carbocycles. The molecule has 3 rings (SSSR count). The summed E-state index contributed by atoms with van der Waals surface area (Å²) in [5, 5.41) is 11.7. The highest BCUT2D eigenvalue weighted by atomic mass is 32.1. The van der Waals surface area contributed by atoms with E-state index in [0.717, 1.165) is 24.4 Å². The molecule has 1 atom stereocenters. The maximum absolute atomic E-state index is 12.0. The highest BCUT2D eigenvalue weighted by Crippen LogP contribution is 2.33. The van der Waals surface area contributed by atoms with Crippen LogP contribution in [0.15, 0.2) is 24.3 Å². The quantitative estimate of drug-likeness (QED) is 0.929. The minimum atomic E-state index is -0.0528. The van der Waals surface area contributed by atoms with Gasteiger partial charge in [0.15, 0.2) is 0 Å². The lowest BCUT2D eigenvalue weighted by atomic mass is 9.99. The van der Waals surface area contributed by atoms with Crippen molar-refractivity contribution in [1.82, 2.24) is 14.8 Å². The number of likely N-dealkylation sites (tertiary alicyclic amines) is 1. The van der Waals surface area contributed by atoms with E-state index in [1.807, 2.05) is 23.7 Å². The molecule has 0 spiro atoms. The summed E-state index contributed by atoms with van der Waals surface area (Å²) in [6, 6.07) is 10.4. The lowest BCUT2D eigenvalue weighted by Crippen LogP contribution is -2.34. The predicted octanol–water partition coefficient (Wildman–Crippen LogP) is 3.05. The van der Waals surface area contributed by atoms with E-state index in [1.165, 1.54) is 23.4 Å². The smallest absolute Gasteiger partial charge is 0.267 e. The average Bonchev–Trinajstić information content (AvgIpc) is 3.21. The van der Waals surface area contributed by atoms with Crippen molar-refractivity contribution in [2.75, 3.05) is 13.6 Å². The van der Waals surface area contributed by atoms with Crippen LogP contribution in [0.1, 0.15) is 51.2 Å². The molecule has 24 heavy (non-hydrogen) atoms. The van der Waals surface area contributed by atoms with Crippen molar-refractivity contribution in [2.24, 2.45) is 7.05 Å². The molecule has 0 bridgehead atoms. The number of hydrogen-bond donors (Lipinski definition) is 1. The van der Waals surface area contributed by atoms with Crippen LogP contribution in [0.2, 0.25) is 0 Å². The number of thiophene rings is 1. The molecule has 1 amide bonds. The third-order valence-corrected chi connectivity index (χ3v) is 5.68. The molecular formula is C18H22N4OS. The summed E-state index contributed by atoms with van der Waals surface area (Å²) in [6.45, 7) is 1.91. The standard InChI is InChI=1S/C18H22N4OS/c1-20-18(23)17-9-8-15(21(17)2)16-5-3-4-10-22(16)12-14-7-6-13(11-19)24-14/h6-9,16H,3-5,10,12H2,1-2H3,(H,20,23)/t16-/m1/s1. The zero-order valence-corrected chi connectivity index (χ0v) is 14.9. The number of carbonyl (C=O) groups is 1. The van der Waals surface area contributed by atoms with Crippen LogP contribution in [-0.4, -0.2) is 29.0 Å². The number of carbonyl (C=O) groups excluding carboxylic acids is 1. The molecule has 1 fully saturated rings. The van der Waals surface area contributed by atoms with E-state index in [-0.39, 0.29) is 5.91 Å². The first-order valence-electron chi connectivity index (χ1n) is 8.24. The second-order valence-electron chi connectivity index (χ2n) is 6.14. The van der Waals surface area contributed by atoms with Crippen LogP contribution in [-0.2, 0) is 13.6 Å². The summed E-state index contributed by atoms with van der Waals surface area (Å²) in [7, 11) is 3.62. The van der Waals surface area contributed by atoms with Crippen molar-refractivity contribution in [1.29, 1.82) is 5.26 Å². The van der Waals surface area contributed by atoms with Gasteiger partial charge in [-0.2, -0.15) is 5.26 Å². The molecule has 1 saturated heterocycles. The lowest BCUT2D eigenvalue weighted by molar-refractivity contribution is 0.0952. The van der Waals surface area contributed by atoms with Gasteiger partial charge < -0.3 is 9.88 Å². The van der Waals surface area contributed by atoms with Gasteiger partial charge in [0, 0.05) is 31.2 Å². The fourth-order valence-corrected chi connectivity index (χ4v) is 4.29. The Labute approximate surface area is 146 Å². The molecule has 126 valence electrons. The van der Waals surface area contributed by atoms with Crippen molar-refractivity contribution < 1.29 is 4.79 Å². The van der Waals surface area contributed by atoms with E-state index in [9.17, 15) is 4.79 Å². The Balaban J connectivity index is 1.83. The Morgan fingerprint density at radius 3 is 2.92 bits per heavy atom. The molecule has 0 radical (unpaired) electrons. The Bertz CT molecular complexity index is 770. The van der Waals surface area contributed by atoms with Crippen molar-refractivity contribution in [3.63, 3.8) is 0 Å². The molecule has 2 aromatic heterocycles. The van der Waals surface area contributed by atoms with Gasteiger partial charge >= 0.3 is 0 Å². The zero-order valence-electron chi connectivity index (χ0n) is 14.1. The summed E-state index contributed by atoms with van der Waals surface area (Å²) in [5.74, 6) is -0.0528. The molecule has 0 unspecified atom stereocenters. The molecule has 5 nitrogen and oxygen atoms in total. The second-order valence-corrected chi connectivity index (χ2v) is 7.31. The maximum atomic E-state index is 12.0. The number of rotatable bonds is 4. The monoisotopic (exact) mass is 342 g/mol. The highest BCUT2D eigenvalue weighted by Gasteiger charge is 2.27. The fourth-order valence-electron chi connectivity index (χ4n) is 3.46. The first-order valence-corrected chi connectivity index (χ1v) is 9.06. The maximum Gasteiger partial charge on any atom is 0.267 e. The van der Waals surface area contributed by atoms with Gasteiger partial charge in [-0.15, -0.1) is 11.3 Å². The van der Waals surface area contributed by atoms with Crippen LogP contribution in [0.4, 0.5) is 0 Å². The van der Waals surface area contributed by atoms with Crippen LogP contribution in [0.3, 0.4) is 0 Å². The van der Waals surface area contributed by atoms with Gasteiger partial charge in [0.05, 0.1) is 6.04 Å². The Morgan fingerprint density at radius 2 is 2.21 bits per heavy atom. The molecular weight excluding hydrogens is 320 g/mol. The van der Waals surface area contributed by atoms with Gasteiger partial charge in [0.25, 0.3) is 5.91 Å². The van der Waals surface area contributed by atoms with E-state index < -0.39 is 0 Å². The minimum Gasteiger partial charge on any atom is -0.354 e. The largest absolute Gasteiger partial charge is 0.354 e. The molecule has 1 N–H and O–H groups in total. The van der Waals surface area contributed by atoms with Crippen LogP contribution in [0, 0.1) is 11.3 Å². The first kappa shape index (κ1) is 16.7. The van der Waals surface area contributed by atoms with E-state index in [0.29, 0.717) is 11.7 Å². The second kappa shape index (κ2) is 7.20. The normalized spacial score (nSPS) is 18.3. The van der Waals surface area contributed by atoms with E-state index in [1.54, 1.807) is 18.4 Å². The Kier molecular flexibility index (Phi) is 5.03. The molecule has 3 heterocycles. The fraction of sp³-hybridized carbons (Fsp3) is 0.444. The zero-order chi connectivity index (χ0) is 17.1. The number of piperidine rings is 1. The van der Waals surface area contributed by atoms with Crippen LogP contribution in [0.5, 0.6) is 0 Å². The van der Waals surface area contributed by atoms with Gasteiger partial charge in [-0.1, -0.05) is 6.42 Å². The van der Waals surface area contributed by atoms with Gasteiger partial charge in [0.2, 0.25) is 0 Å². The number of aromatic nitrogens is 1. The number of nitrogens with one attached hydrogen (secondary N) is 1. The Hall–Kier alpha value is -2.10. The van der Waals surface area contributed by atoms with Crippen molar-refractivity contribution in [3.8, 4) is 6.07 Å². The predicted molar refractivity (Wildman–Crippen MR) is 94.8 cm³/mol. The van der Waals surface area contributed by atoms with Gasteiger partial charge in [0.1, 0.15) is 16.6 Å². The van der Waals surface area contributed by atoms with E-state index in [4.69, 9.17) is 5.26 Å². The third-order valence-electron chi connectivity index (χ3n) is 4.71. The van der Waals surface area contributed by atoms with E-state index in [2.05, 4.69) is 28.4 Å². The summed E-state index contributed by atoms with van der Waals surface area (Å²) in [5.41, 5.74) is 1.88. The molecule has 2 aromatic rings. The molecule has 0 aromatic carbocycles. The number of hydrogen-bond acceptors (Lipinski definition) is 4. The molecule has 0 aliphatic carbocycles. The van der Waals surface area contributed by atoms with Crippen molar-refractivity contribution in [3.05, 3.63) is 45.4 Å². The number of amides is 1. The minimum absolute atomic E-state index is 0.0528. The van der Waals surface area contributed by atoms with Crippen LogP contribution < -0.4 is 5.32 Å². The van der Waals surface area contributed by atoms with Crippen molar-refractivity contribution >= 4 is 17.2 Å². The summed E-state index contributed by atoms with van der Waals surface area (Å²) in [6.07, 6.45) is 3.50. The van der Waals surface area contributed by atoms with Gasteiger partial charge in [-0.25, -0.2) is 0 Å². The number of nitrogens with zero attached hydrogens (tertiary/aromatic N) is 3. The highest BCUT2D eigenvalue weighted by molar-refractivity contribution is 7.12. The number of nitriles is 1. The molecule has 1 aliphatic heterocycles. The van der Waals surface area contributed by atoms with E-state index >= 15 is 0 Å². The summed E-state index contributed by atoms with van der Waals surface area (Å²) in [4.78, 5) is 16.4. The summed E-state index contributed by atoms with van der Waals surface area (Å²) >= 11 is 1.57.